The van der Waals surface area contributed by atoms with E-state index in [4.69, 9.17) is 9.47 Å². The molecule has 0 radical (unpaired) electrons. The molecule has 0 unspecified atom stereocenters. The van der Waals surface area contributed by atoms with Crippen LogP contribution >= 0.6 is 0 Å². The Hall–Kier alpha value is -0.990. The van der Waals surface area contributed by atoms with Crippen molar-refractivity contribution in [3.8, 4) is 0 Å². The van der Waals surface area contributed by atoms with E-state index in [1.54, 1.807) is 12.5 Å². The van der Waals surface area contributed by atoms with E-state index in [2.05, 4.69) is 13.8 Å². The van der Waals surface area contributed by atoms with E-state index in [1.807, 2.05) is 6.92 Å². The lowest BCUT2D eigenvalue weighted by atomic mass is 10.00. The molecule has 0 bridgehead atoms. The minimum atomic E-state index is -0.577. The zero-order valence-electron chi connectivity index (χ0n) is 9.79. The van der Waals surface area contributed by atoms with Crippen LogP contribution in [0.25, 0.3) is 0 Å². The number of hydrogen-bond acceptors (Lipinski definition) is 3. The molecule has 1 rings (SSSR count). The molecule has 0 N–H and O–H groups in total. The number of Topliss-reactive ketones (excluding diaryl/α,β-unsaturated/α-hetero) is 1. The molecule has 3 nitrogen and oxygen atoms in total. The summed E-state index contributed by atoms with van der Waals surface area (Å²) in [5.41, 5.74) is 0. The molecular weight excluding hydrogens is 192 g/mol. The van der Waals surface area contributed by atoms with Crippen LogP contribution in [-0.4, -0.2) is 11.6 Å². The Bertz CT molecular complexity index is 235. The van der Waals surface area contributed by atoms with Crippen LogP contribution in [0.15, 0.2) is 12.5 Å². The molecule has 1 aliphatic heterocycles. The van der Waals surface area contributed by atoms with Crippen molar-refractivity contribution >= 4 is 5.78 Å². The van der Waals surface area contributed by atoms with Gasteiger partial charge in [-0.15, -0.1) is 0 Å². The first-order valence-corrected chi connectivity index (χ1v) is 5.60. The van der Waals surface area contributed by atoms with Crippen LogP contribution in [0.4, 0.5) is 0 Å². The van der Waals surface area contributed by atoms with E-state index in [9.17, 15) is 4.79 Å². The van der Waals surface area contributed by atoms with Gasteiger partial charge in [0.2, 0.25) is 5.79 Å². The van der Waals surface area contributed by atoms with Gasteiger partial charge in [-0.25, -0.2) is 0 Å². The number of carbonyl (C=O) groups excluding carboxylic acids is 1. The highest BCUT2D eigenvalue weighted by Gasteiger charge is 2.33. The molecule has 1 aliphatic rings. The summed E-state index contributed by atoms with van der Waals surface area (Å²) in [6.07, 6.45) is 5.69. The lowest BCUT2D eigenvalue weighted by molar-refractivity contribution is -0.153. The molecule has 0 aromatic rings. The third-order valence-corrected chi connectivity index (χ3v) is 2.58. The maximum atomic E-state index is 11.5. The molecule has 0 spiro atoms. The maximum Gasteiger partial charge on any atom is 0.249 e. The Balaban J connectivity index is 2.32. The number of carbonyl (C=O) groups is 1. The summed E-state index contributed by atoms with van der Waals surface area (Å²) >= 11 is 0. The highest BCUT2D eigenvalue weighted by Crippen LogP contribution is 2.29. The van der Waals surface area contributed by atoms with Gasteiger partial charge in [0.1, 0.15) is 18.3 Å². The molecule has 0 aromatic heterocycles. The third kappa shape index (κ3) is 3.57. The largest absolute Gasteiger partial charge is 0.457 e. The van der Waals surface area contributed by atoms with Gasteiger partial charge in [0.15, 0.2) is 0 Å². The Morgan fingerprint density at radius 1 is 1.33 bits per heavy atom. The molecule has 15 heavy (non-hydrogen) atoms. The lowest BCUT2D eigenvalue weighted by Gasteiger charge is -2.26. The molecule has 0 saturated heterocycles. The second-order valence-electron chi connectivity index (χ2n) is 4.41. The molecule has 3 heteroatoms. The van der Waals surface area contributed by atoms with Crippen LogP contribution in [0.2, 0.25) is 0 Å². The predicted octanol–water partition coefficient (Wildman–Crippen LogP) is 3.01. The van der Waals surface area contributed by atoms with Crippen molar-refractivity contribution in [2.45, 2.75) is 52.2 Å². The first-order chi connectivity index (χ1) is 7.08. The van der Waals surface area contributed by atoms with E-state index in [-0.39, 0.29) is 5.78 Å². The quantitative estimate of drug-likeness (QED) is 0.679. The molecule has 0 saturated carbocycles. The topological polar surface area (TPSA) is 35.5 Å². The summed E-state index contributed by atoms with van der Waals surface area (Å²) in [6, 6.07) is 0. The van der Waals surface area contributed by atoms with Gasteiger partial charge in [-0.1, -0.05) is 20.8 Å². The average Bonchev–Trinajstić information content (AvgIpc) is 2.63. The predicted molar refractivity (Wildman–Crippen MR) is 58.0 cm³/mol. The molecule has 0 aliphatic carbocycles. The van der Waals surface area contributed by atoms with E-state index in [0.717, 1.165) is 6.42 Å². The Morgan fingerprint density at radius 2 is 1.93 bits per heavy atom. The van der Waals surface area contributed by atoms with E-state index >= 15 is 0 Å². The standard InChI is InChI=1S/C12H20O3/c1-4-12(14-7-8-15-12)6-5-11(13)9-10(2)3/h7-8,10H,4-6,9H2,1-3H3. The highest BCUT2D eigenvalue weighted by atomic mass is 16.7. The number of ether oxygens (including phenoxy) is 2. The summed E-state index contributed by atoms with van der Waals surface area (Å²) in [5, 5.41) is 0. The fourth-order valence-corrected chi connectivity index (χ4v) is 1.68. The SMILES string of the molecule is CCC1(CCC(=O)CC(C)C)OC=CO1. The second-order valence-corrected chi connectivity index (χ2v) is 4.41. The molecule has 0 atom stereocenters. The highest BCUT2D eigenvalue weighted by molar-refractivity contribution is 5.78. The molecule has 1 heterocycles. The Labute approximate surface area is 91.4 Å². The normalized spacial score (nSPS) is 17.6. The van der Waals surface area contributed by atoms with E-state index in [1.165, 1.54) is 0 Å². The van der Waals surface area contributed by atoms with Gasteiger partial charge in [-0.3, -0.25) is 4.79 Å². The van der Waals surface area contributed by atoms with E-state index < -0.39 is 5.79 Å². The average molecular weight is 212 g/mol. The Morgan fingerprint density at radius 3 is 2.40 bits per heavy atom. The number of hydrogen-bond donors (Lipinski definition) is 0. The smallest absolute Gasteiger partial charge is 0.249 e. The van der Waals surface area contributed by atoms with Crippen molar-refractivity contribution in [1.29, 1.82) is 0 Å². The van der Waals surface area contributed by atoms with Crippen LogP contribution in [0.5, 0.6) is 0 Å². The maximum absolute atomic E-state index is 11.5. The number of rotatable bonds is 6. The summed E-state index contributed by atoms with van der Waals surface area (Å²) in [6.45, 7) is 6.11. The van der Waals surface area contributed by atoms with Gasteiger partial charge < -0.3 is 9.47 Å². The van der Waals surface area contributed by atoms with Crippen molar-refractivity contribution in [1.82, 2.24) is 0 Å². The fraction of sp³-hybridized carbons (Fsp3) is 0.750. The summed E-state index contributed by atoms with van der Waals surface area (Å²) in [7, 11) is 0. The minimum Gasteiger partial charge on any atom is -0.457 e. The summed E-state index contributed by atoms with van der Waals surface area (Å²) in [4.78, 5) is 11.5. The summed E-state index contributed by atoms with van der Waals surface area (Å²) in [5.74, 6) is 0.141. The van der Waals surface area contributed by atoms with Gasteiger partial charge in [-0.05, 0) is 5.92 Å². The van der Waals surface area contributed by atoms with Crippen molar-refractivity contribution in [2.24, 2.45) is 5.92 Å². The molecule has 0 fully saturated rings. The zero-order valence-corrected chi connectivity index (χ0v) is 9.79. The van der Waals surface area contributed by atoms with Crippen LogP contribution in [0.3, 0.4) is 0 Å². The molecule has 0 amide bonds. The fourth-order valence-electron chi connectivity index (χ4n) is 1.68. The van der Waals surface area contributed by atoms with Crippen LogP contribution in [0, 0.1) is 5.92 Å². The van der Waals surface area contributed by atoms with E-state index in [0.29, 0.717) is 25.2 Å². The van der Waals surface area contributed by atoms with Gasteiger partial charge in [0.25, 0.3) is 0 Å². The van der Waals surface area contributed by atoms with Crippen LogP contribution in [-0.2, 0) is 14.3 Å². The number of ketones is 1. The van der Waals surface area contributed by atoms with Crippen molar-refractivity contribution in [2.75, 3.05) is 0 Å². The van der Waals surface area contributed by atoms with Crippen molar-refractivity contribution in [3.05, 3.63) is 12.5 Å². The van der Waals surface area contributed by atoms with Gasteiger partial charge >= 0.3 is 0 Å². The molecule has 0 aromatic carbocycles. The zero-order chi connectivity index (χ0) is 11.3. The molecule has 86 valence electrons. The summed E-state index contributed by atoms with van der Waals surface area (Å²) < 4.78 is 10.8. The van der Waals surface area contributed by atoms with Crippen LogP contribution < -0.4 is 0 Å². The monoisotopic (exact) mass is 212 g/mol. The lowest BCUT2D eigenvalue weighted by Crippen LogP contribution is -2.29. The first kappa shape index (κ1) is 12.1. The van der Waals surface area contributed by atoms with Gasteiger partial charge in [0, 0.05) is 25.7 Å². The van der Waals surface area contributed by atoms with Gasteiger partial charge in [0.05, 0.1) is 0 Å². The van der Waals surface area contributed by atoms with Crippen molar-refractivity contribution in [3.63, 3.8) is 0 Å². The molecular formula is C12H20O3. The third-order valence-electron chi connectivity index (χ3n) is 2.58. The van der Waals surface area contributed by atoms with Gasteiger partial charge in [-0.2, -0.15) is 0 Å². The van der Waals surface area contributed by atoms with Crippen LogP contribution in [0.1, 0.15) is 46.5 Å². The second kappa shape index (κ2) is 5.19. The van der Waals surface area contributed by atoms with Crippen molar-refractivity contribution < 1.29 is 14.3 Å². The first-order valence-electron chi connectivity index (χ1n) is 5.60. The minimum absolute atomic E-state index is 0.289. The Kier molecular flexibility index (Phi) is 4.18.